The molecular formula is C19H23N3O4. The number of amides is 4. The average Bonchev–Trinajstić information content (AvgIpc) is 2.90. The van der Waals surface area contributed by atoms with Crippen LogP contribution in [0, 0.1) is 0 Å². The second kappa shape index (κ2) is 8.12. The third-order valence-electron chi connectivity index (χ3n) is 4.86. The lowest BCUT2D eigenvalue weighted by atomic mass is 9.95. The van der Waals surface area contributed by atoms with E-state index in [9.17, 15) is 19.2 Å². The topological polar surface area (TPSA) is 95.6 Å². The van der Waals surface area contributed by atoms with Gasteiger partial charge in [0, 0.05) is 19.0 Å². The molecule has 0 radical (unpaired) electrons. The molecule has 3 rings (SSSR count). The standard InChI is InChI=1S/C19H23N3O4/c23-16(20-12-17(24)21-13-6-2-1-3-7-13)10-11-22-18(25)14-8-4-5-9-15(14)19(22)26/h4-5,8-9,13H,1-3,6-7,10-12H2,(H,20,23)(H,21,24). The highest BCUT2D eigenvalue weighted by atomic mass is 16.2. The Morgan fingerprint density at radius 1 is 0.962 bits per heavy atom. The second-order valence-corrected chi connectivity index (χ2v) is 6.74. The molecule has 0 atom stereocenters. The van der Waals surface area contributed by atoms with Crippen LogP contribution in [0.3, 0.4) is 0 Å². The van der Waals surface area contributed by atoms with Crippen molar-refractivity contribution >= 4 is 23.6 Å². The van der Waals surface area contributed by atoms with Gasteiger partial charge in [0.1, 0.15) is 0 Å². The van der Waals surface area contributed by atoms with Gasteiger partial charge < -0.3 is 10.6 Å². The number of rotatable bonds is 6. The van der Waals surface area contributed by atoms with Crippen molar-refractivity contribution in [3.63, 3.8) is 0 Å². The summed E-state index contributed by atoms with van der Waals surface area (Å²) in [7, 11) is 0. The Morgan fingerprint density at radius 3 is 2.19 bits per heavy atom. The van der Waals surface area contributed by atoms with Gasteiger partial charge in [0.15, 0.2) is 0 Å². The van der Waals surface area contributed by atoms with Crippen LogP contribution in [0.1, 0.15) is 59.2 Å². The van der Waals surface area contributed by atoms with Crippen LogP contribution in [0.25, 0.3) is 0 Å². The molecule has 4 amide bonds. The summed E-state index contributed by atoms with van der Waals surface area (Å²) < 4.78 is 0. The molecule has 26 heavy (non-hydrogen) atoms. The molecule has 0 unspecified atom stereocenters. The summed E-state index contributed by atoms with van der Waals surface area (Å²) in [6.45, 7) is -0.0835. The molecule has 0 aromatic heterocycles. The van der Waals surface area contributed by atoms with Gasteiger partial charge in [-0.15, -0.1) is 0 Å². The third kappa shape index (κ3) is 4.09. The lowest BCUT2D eigenvalue weighted by Crippen LogP contribution is -2.43. The van der Waals surface area contributed by atoms with Crippen molar-refractivity contribution < 1.29 is 19.2 Å². The Kier molecular flexibility index (Phi) is 5.65. The Morgan fingerprint density at radius 2 is 1.58 bits per heavy atom. The summed E-state index contributed by atoms with van der Waals surface area (Å²) in [5.41, 5.74) is 0.731. The summed E-state index contributed by atoms with van der Waals surface area (Å²) in [6.07, 6.45) is 5.40. The average molecular weight is 357 g/mol. The van der Waals surface area contributed by atoms with Gasteiger partial charge >= 0.3 is 0 Å². The molecule has 1 fully saturated rings. The fourth-order valence-electron chi connectivity index (χ4n) is 3.45. The van der Waals surface area contributed by atoms with Crippen molar-refractivity contribution in [2.24, 2.45) is 0 Å². The molecule has 1 aliphatic heterocycles. The van der Waals surface area contributed by atoms with Gasteiger partial charge in [-0.25, -0.2) is 0 Å². The number of carbonyl (C=O) groups excluding carboxylic acids is 4. The van der Waals surface area contributed by atoms with Gasteiger partial charge in [0.25, 0.3) is 11.8 Å². The quantitative estimate of drug-likeness (QED) is 0.749. The molecule has 7 nitrogen and oxygen atoms in total. The van der Waals surface area contributed by atoms with Crippen LogP contribution in [-0.2, 0) is 9.59 Å². The fourth-order valence-corrected chi connectivity index (χ4v) is 3.45. The van der Waals surface area contributed by atoms with E-state index in [2.05, 4.69) is 10.6 Å². The molecule has 2 aliphatic rings. The fraction of sp³-hybridized carbons (Fsp3) is 0.474. The summed E-state index contributed by atoms with van der Waals surface area (Å²) in [5.74, 6) is -1.33. The zero-order valence-corrected chi connectivity index (χ0v) is 14.6. The number of fused-ring (bicyclic) bond motifs is 1. The number of hydrogen-bond acceptors (Lipinski definition) is 4. The predicted molar refractivity (Wildman–Crippen MR) is 94.5 cm³/mol. The predicted octanol–water partition coefficient (Wildman–Crippen LogP) is 1.24. The molecule has 1 aromatic rings. The first-order valence-electron chi connectivity index (χ1n) is 9.07. The van der Waals surface area contributed by atoms with E-state index >= 15 is 0 Å². The minimum atomic E-state index is -0.381. The third-order valence-corrected chi connectivity index (χ3v) is 4.86. The zero-order valence-electron chi connectivity index (χ0n) is 14.6. The van der Waals surface area contributed by atoms with Crippen LogP contribution in [0.4, 0.5) is 0 Å². The van der Waals surface area contributed by atoms with Gasteiger partial charge in [-0.05, 0) is 25.0 Å². The number of imide groups is 1. The highest BCUT2D eigenvalue weighted by Gasteiger charge is 2.34. The molecule has 0 bridgehead atoms. The van der Waals surface area contributed by atoms with Crippen LogP contribution < -0.4 is 10.6 Å². The first-order valence-corrected chi connectivity index (χ1v) is 9.07. The Hall–Kier alpha value is -2.70. The number of carbonyl (C=O) groups is 4. The highest BCUT2D eigenvalue weighted by molar-refractivity contribution is 6.21. The lowest BCUT2D eigenvalue weighted by molar-refractivity contribution is -0.126. The molecule has 0 saturated heterocycles. The maximum Gasteiger partial charge on any atom is 0.261 e. The number of hydrogen-bond donors (Lipinski definition) is 2. The van der Waals surface area contributed by atoms with E-state index in [0.29, 0.717) is 11.1 Å². The summed E-state index contributed by atoms with van der Waals surface area (Å²) >= 11 is 0. The van der Waals surface area contributed by atoms with Gasteiger partial charge in [0.2, 0.25) is 11.8 Å². The SMILES string of the molecule is O=C(CCN1C(=O)c2ccccc2C1=O)NCC(=O)NC1CCCCC1. The van der Waals surface area contributed by atoms with Gasteiger partial charge in [-0.3, -0.25) is 24.1 Å². The number of benzene rings is 1. The Labute approximate surface area is 152 Å². The normalized spacial score (nSPS) is 17.2. The molecule has 2 N–H and O–H groups in total. The zero-order chi connectivity index (χ0) is 18.5. The second-order valence-electron chi connectivity index (χ2n) is 6.74. The summed E-state index contributed by atoms with van der Waals surface area (Å²) in [5, 5.41) is 5.47. The molecular weight excluding hydrogens is 334 g/mol. The van der Waals surface area contributed by atoms with Gasteiger partial charge in [-0.1, -0.05) is 31.4 Å². The van der Waals surface area contributed by atoms with Crippen LogP contribution in [-0.4, -0.2) is 47.7 Å². The lowest BCUT2D eigenvalue weighted by Gasteiger charge is -2.22. The van der Waals surface area contributed by atoms with Crippen molar-refractivity contribution in [1.29, 1.82) is 0 Å². The largest absolute Gasteiger partial charge is 0.352 e. The maximum atomic E-state index is 12.2. The first kappa shape index (κ1) is 18.1. The van der Waals surface area contributed by atoms with E-state index in [1.807, 2.05) is 0 Å². The summed E-state index contributed by atoms with van der Waals surface area (Å²) in [4.78, 5) is 49.3. The van der Waals surface area contributed by atoms with E-state index in [-0.39, 0.29) is 49.2 Å². The van der Waals surface area contributed by atoms with E-state index in [1.54, 1.807) is 24.3 Å². The van der Waals surface area contributed by atoms with E-state index in [4.69, 9.17) is 0 Å². The number of nitrogens with zero attached hydrogens (tertiary/aromatic N) is 1. The van der Waals surface area contributed by atoms with Gasteiger partial charge in [-0.2, -0.15) is 0 Å². The van der Waals surface area contributed by atoms with Crippen molar-refractivity contribution in [3.8, 4) is 0 Å². The van der Waals surface area contributed by atoms with Crippen molar-refractivity contribution in [3.05, 3.63) is 35.4 Å². The van der Waals surface area contributed by atoms with Crippen molar-refractivity contribution in [2.45, 2.75) is 44.6 Å². The van der Waals surface area contributed by atoms with Crippen LogP contribution >= 0.6 is 0 Å². The molecule has 1 aliphatic carbocycles. The highest BCUT2D eigenvalue weighted by Crippen LogP contribution is 2.22. The molecule has 138 valence electrons. The van der Waals surface area contributed by atoms with E-state index in [1.165, 1.54) is 6.42 Å². The van der Waals surface area contributed by atoms with Gasteiger partial charge in [0.05, 0.1) is 17.7 Å². The Balaban J connectivity index is 1.41. The number of nitrogens with one attached hydrogen (secondary N) is 2. The monoisotopic (exact) mass is 357 g/mol. The smallest absolute Gasteiger partial charge is 0.261 e. The minimum Gasteiger partial charge on any atom is -0.352 e. The molecule has 1 heterocycles. The molecule has 7 heteroatoms. The van der Waals surface area contributed by atoms with Crippen LogP contribution in [0.5, 0.6) is 0 Å². The van der Waals surface area contributed by atoms with Crippen molar-refractivity contribution in [2.75, 3.05) is 13.1 Å². The van der Waals surface area contributed by atoms with E-state index in [0.717, 1.165) is 30.6 Å². The minimum absolute atomic E-state index is 0.00240. The molecule has 0 spiro atoms. The molecule has 1 aromatic carbocycles. The molecule has 1 saturated carbocycles. The first-order chi connectivity index (χ1) is 12.6. The van der Waals surface area contributed by atoms with E-state index < -0.39 is 0 Å². The maximum absolute atomic E-state index is 12.2. The summed E-state index contributed by atoms with van der Waals surface area (Å²) in [6, 6.07) is 6.80. The van der Waals surface area contributed by atoms with Crippen LogP contribution in [0.15, 0.2) is 24.3 Å². The van der Waals surface area contributed by atoms with Crippen LogP contribution in [0.2, 0.25) is 0 Å². The van der Waals surface area contributed by atoms with Crippen molar-refractivity contribution in [1.82, 2.24) is 15.5 Å². The Bertz CT molecular complexity index is 690.